The minimum absolute atomic E-state index is 0.672. The molecule has 0 aliphatic carbocycles. The van der Waals surface area contributed by atoms with Crippen LogP contribution in [0.15, 0.2) is 29.2 Å². The smallest absolute Gasteiger partial charge is 0.0266 e. The lowest BCUT2D eigenvalue weighted by Gasteiger charge is -2.05. The fourth-order valence-corrected chi connectivity index (χ4v) is 2.41. The van der Waals surface area contributed by atoms with Crippen LogP contribution in [0.3, 0.4) is 0 Å². The van der Waals surface area contributed by atoms with E-state index in [1.54, 1.807) is 0 Å². The molecule has 0 spiro atoms. The Kier molecular flexibility index (Phi) is 3.72. The van der Waals surface area contributed by atoms with Gasteiger partial charge in [0, 0.05) is 13.7 Å². The maximum Gasteiger partial charge on any atom is 0.0266 e. The summed E-state index contributed by atoms with van der Waals surface area (Å²) in [4.78, 5) is 1.39. The molecule has 1 rings (SSSR count). The molecule has 11 heavy (non-hydrogen) atoms. The van der Waals surface area contributed by atoms with Crippen LogP contribution in [0, 0.1) is 3.57 Å². The molecule has 0 aromatic heterocycles. The van der Waals surface area contributed by atoms with E-state index in [0.717, 1.165) is 0 Å². The highest BCUT2D eigenvalue weighted by Crippen LogP contribution is 2.27. The molecule has 0 N–H and O–H groups in total. The van der Waals surface area contributed by atoms with Gasteiger partial charge < -0.3 is 0 Å². The van der Waals surface area contributed by atoms with Crippen LogP contribution in [-0.2, 0) is 0 Å². The second-order valence-electron chi connectivity index (χ2n) is 2.60. The summed E-state index contributed by atoms with van der Waals surface area (Å²) in [5.41, 5.74) is 0. The van der Waals surface area contributed by atoms with Gasteiger partial charge in [-0.1, -0.05) is 26.0 Å². The van der Waals surface area contributed by atoms with Crippen molar-refractivity contribution in [3.05, 3.63) is 27.8 Å². The minimum atomic E-state index is 0.672. The van der Waals surface area contributed by atoms with Gasteiger partial charge in [0.2, 0.25) is 0 Å². The molecule has 0 saturated heterocycles. The molecule has 0 heterocycles. The molecule has 1 aromatic rings. The normalized spacial score (nSPS) is 10.5. The minimum Gasteiger partial charge on any atom is -0.122 e. The monoisotopic (exact) mass is 278 g/mol. The van der Waals surface area contributed by atoms with Crippen molar-refractivity contribution in [1.29, 1.82) is 0 Å². The summed E-state index contributed by atoms with van der Waals surface area (Å²) in [5.74, 6) is 0. The van der Waals surface area contributed by atoms with Gasteiger partial charge in [0.25, 0.3) is 0 Å². The Morgan fingerprint density at radius 2 is 1.91 bits per heavy atom. The Hall–Kier alpha value is 0.300. The third-order valence-electron chi connectivity index (χ3n) is 1.20. The van der Waals surface area contributed by atoms with E-state index >= 15 is 0 Å². The maximum absolute atomic E-state index is 2.37. The first-order valence-electron chi connectivity index (χ1n) is 3.61. The quantitative estimate of drug-likeness (QED) is 0.586. The molecule has 0 saturated carbocycles. The summed E-state index contributed by atoms with van der Waals surface area (Å²) in [7, 11) is 0. The van der Waals surface area contributed by atoms with E-state index in [9.17, 15) is 0 Å². The highest BCUT2D eigenvalue weighted by molar-refractivity contribution is 14.1. The average Bonchev–Trinajstić information content (AvgIpc) is 1.93. The first-order valence-corrected chi connectivity index (χ1v) is 5.57. The van der Waals surface area contributed by atoms with Gasteiger partial charge in [-0.25, -0.2) is 0 Å². The lowest BCUT2D eigenvalue weighted by Crippen LogP contribution is -1.87. The van der Waals surface area contributed by atoms with E-state index < -0.39 is 0 Å². The van der Waals surface area contributed by atoms with Crippen LogP contribution in [-0.4, -0.2) is 5.25 Å². The molecular formula is C9H11IS. The van der Waals surface area contributed by atoms with Crippen LogP contribution in [0.2, 0.25) is 0 Å². The van der Waals surface area contributed by atoms with Gasteiger partial charge in [0.15, 0.2) is 0 Å². The number of benzene rings is 1. The Labute approximate surface area is 85.9 Å². The highest BCUT2D eigenvalue weighted by Gasteiger charge is 2.00. The van der Waals surface area contributed by atoms with Crippen LogP contribution in [0.1, 0.15) is 13.8 Å². The average molecular weight is 278 g/mol. The Morgan fingerprint density at radius 1 is 1.27 bits per heavy atom. The molecule has 0 nitrogen and oxygen atoms in total. The number of thioether (sulfide) groups is 1. The van der Waals surface area contributed by atoms with E-state index in [1.807, 2.05) is 11.8 Å². The molecule has 0 bridgehead atoms. The lowest BCUT2D eigenvalue weighted by molar-refractivity contribution is 1.11. The number of rotatable bonds is 2. The van der Waals surface area contributed by atoms with E-state index in [1.165, 1.54) is 8.47 Å². The van der Waals surface area contributed by atoms with Gasteiger partial charge in [0.1, 0.15) is 0 Å². The van der Waals surface area contributed by atoms with Crippen molar-refractivity contribution in [2.24, 2.45) is 0 Å². The van der Waals surface area contributed by atoms with Crippen molar-refractivity contribution in [2.75, 3.05) is 0 Å². The van der Waals surface area contributed by atoms with Gasteiger partial charge in [-0.2, -0.15) is 0 Å². The van der Waals surface area contributed by atoms with Gasteiger partial charge in [0.05, 0.1) is 0 Å². The third kappa shape index (κ3) is 3.03. The third-order valence-corrected chi connectivity index (χ3v) is 3.59. The zero-order valence-electron chi connectivity index (χ0n) is 6.67. The number of hydrogen-bond acceptors (Lipinski definition) is 1. The summed E-state index contributed by atoms with van der Waals surface area (Å²) in [6.45, 7) is 4.43. The van der Waals surface area contributed by atoms with Crippen LogP contribution in [0.5, 0.6) is 0 Å². The van der Waals surface area contributed by atoms with Gasteiger partial charge >= 0.3 is 0 Å². The van der Waals surface area contributed by atoms with Crippen molar-refractivity contribution in [2.45, 2.75) is 24.0 Å². The zero-order chi connectivity index (χ0) is 8.27. The molecule has 0 aliphatic heterocycles. The lowest BCUT2D eigenvalue weighted by atomic mass is 10.4. The van der Waals surface area contributed by atoms with Crippen molar-refractivity contribution >= 4 is 34.4 Å². The molecule has 1 aromatic carbocycles. The van der Waals surface area contributed by atoms with Crippen molar-refractivity contribution < 1.29 is 0 Å². The molecule has 0 unspecified atom stereocenters. The van der Waals surface area contributed by atoms with Crippen LogP contribution < -0.4 is 0 Å². The molecule has 2 heteroatoms. The molecule has 60 valence electrons. The summed E-state index contributed by atoms with van der Waals surface area (Å²) in [6, 6.07) is 8.48. The first-order chi connectivity index (χ1) is 5.20. The molecule has 0 amide bonds. The van der Waals surface area contributed by atoms with E-state index in [4.69, 9.17) is 0 Å². The topological polar surface area (TPSA) is 0 Å². The Morgan fingerprint density at radius 3 is 2.45 bits per heavy atom. The summed E-state index contributed by atoms with van der Waals surface area (Å²) in [5, 5.41) is 0.672. The predicted octanol–water partition coefficient (Wildman–Crippen LogP) is 3.79. The number of halogens is 1. The fourth-order valence-electron chi connectivity index (χ4n) is 0.794. The largest absolute Gasteiger partial charge is 0.122 e. The van der Waals surface area contributed by atoms with Gasteiger partial charge in [-0.15, -0.1) is 11.8 Å². The molecule has 0 aliphatic rings. The van der Waals surface area contributed by atoms with E-state index in [-0.39, 0.29) is 0 Å². The molecule has 0 radical (unpaired) electrons. The number of hydrogen-bond donors (Lipinski definition) is 0. The van der Waals surface area contributed by atoms with E-state index in [0.29, 0.717) is 5.25 Å². The standard InChI is InChI=1S/C9H11IS/c1-7(2)11-9-6-4-3-5-8(9)10/h3-7H,1-2H3. The van der Waals surface area contributed by atoms with Gasteiger partial charge in [-0.3, -0.25) is 0 Å². The second-order valence-corrected chi connectivity index (χ2v) is 5.38. The summed E-state index contributed by atoms with van der Waals surface area (Å²) in [6.07, 6.45) is 0. The van der Waals surface area contributed by atoms with E-state index in [2.05, 4.69) is 60.7 Å². The fraction of sp³-hybridized carbons (Fsp3) is 0.333. The van der Waals surface area contributed by atoms with Crippen LogP contribution >= 0.6 is 34.4 Å². The SMILES string of the molecule is CC(C)Sc1ccccc1I. The summed E-state index contributed by atoms with van der Waals surface area (Å²) < 4.78 is 1.35. The maximum atomic E-state index is 2.37. The summed E-state index contributed by atoms with van der Waals surface area (Å²) >= 11 is 4.29. The first kappa shape index (κ1) is 9.39. The van der Waals surface area contributed by atoms with Crippen LogP contribution in [0.25, 0.3) is 0 Å². The van der Waals surface area contributed by atoms with Crippen LogP contribution in [0.4, 0.5) is 0 Å². The molecular weight excluding hydrogens is 267 g/mol. The Balaban J connectivity index is 2.78. The van der Waals surface area contributed by atoms with Crippen molar-refractivity contribution in [1.82, 2.24) is 0 Å². The predicted molar refractivity (Wildman–Crippen MR) is 60.2 cm³/mol. The highest BCUT2D eigenvalue weighted by atomic mass is 127. The Bertz CT molecular complexity index is 233. The second kappa shape index (κ2) is 4.36. The molecule has 0 atom stereocenters. The van der Waals surface area contributed by atoms with Gasteiger partial charge in [-0.05, 0) is 34.7 Å². The zero-order valence-corrected chi connectivity index (χ0v) is 9.65. The molecule has 0 fully saturated rings. The van der Waals surface area contributed by atoms with Crippen molar-refractivity contribution in [3.63, 3.8) is 0 Å². The van der Waals surface area contributed by atoms with Crippen molar-refractivity contribution in [3.8, 4) is 0 Å².